The third kappa shape index (κ3) is 2.81. The van der Waals surface area contributed by atoms with Gasteiger partial charge < -0.3 is 4.74 Å². The molecule has 0 bridgehead atoms. The van der Waals surface area contributed by atoms with Crippen molar-refractivity contribution >= 4 is 11.9 Å². The van der Waals surface area contributed by atoms with E-state index in [4.69, 9.17) is 0 Å². The standard InChI is InChI=1S/C16H17N3O3/c1-22-16(21)13-8-4-5-10(17-13)9-14-11-6-2-3-7-12(11)15(20)19-18-14/h4-5,8,14H,2-3,6-7,9H2,1H3. The van der Waals surface area contributed by atoms with E-state index < -0.39 is 5.97 Å². The van der Waals surface area contributed by atoms with Gasteiger partial charge in [0.15, 0.2) is 0 Å². The molecule has 6 heteroatoms. The smallest absolute Gasteiger partial charge is 0.356 e. The molecule has 0 saturated heterocycles. The van der Waals surface area contributed by atoms with E-state index in [1.54, 1.807) is 12.1 Å². The van der Waals surface area contributed by atoms with Crippen LogP contribution in [0.15, 0.2) is 39.6 Å². The largest absolute Gasteiger partial charge is 0.464 e. The molecule has 0 saturated carbocycles. The van der Waals surface area contributed by atoms with E-state index in [2.05, 4.69) is 19.9 Å². The third-order valence-corrected chi connectivity index (χ3v) is 4.06. The molecular weight excluding hydrogens is 282 g/mol. The van der Waals surface area contributed by atoms with Crippen LogP contribution in [0.1, 0.15) is 41.9 Å². The first-order chi connectivity index (χ1) is 10.7. The third-order valence-electron chi connectivity index (χ3n) is 4.06. The number of rotatable bonds is 3. The fourth-order valence-electron chi connectivity index (χ4n) is 2.97. The van der Waals surface area contributed by atoms with E-state index in [1.807, 2.05) is 6.07 Å². The predicted molar refractivity (Wildman–Crippen MR) is 78.4 cm³/mol. The summed E-state index contributed by atoms with van der Waals surface area (Å²) < 4.78 is 4.68. The zero-order chi connectivity index (χ0) is 15.5. The number of carbonyl (C=O) groups is 2. The number of pyridine rings is 1. The topological polar surface area (TPSA) is 81.0 Å². The van der Waals surface area contributed by atoms with Crippen molar-refractivity contribution < 1.29 is 14.3 Å². The Kier molecular flexibility index (Phi) is 4.09. The maximum Gasteiger partial charge on any atom is 0.356 e. The Balaban J connectivity index is 1.84. The summed E-state index contributed by atoms with van der Waals surface area (Å²) >= 11 is 0. The summed E-state index contributed by atoms with van der Waals surface area (Å²) in [6, 6.07) is 5.09. The minimum absolute atomic E-state index is 0.145. The van der Waals surface area contributed by atoms with Crippen molar-refractivity contribution in [2.24, 2.45) is 10.2 Å². The summed E-state index contributed by atoms with van der Waals surface area (Å²) in [5.41, 5.74) is 2.95. The van der Waals surface area contributed by atoms with Crippen molar-refractivity contribution in [2.75, 3.05) is 7.11 Å². The molecule has 1 aromatic heterocycles. The highest BCUT2D eigenvalue weighted by Gasteiger charge is 2.29. The maximum atomic E-state index is 11.8. The molecule has 0 aromatic carbocycles. The van der Waals surface area contributed by atoms with Gasteiger partial charge in [-0.15, -0.1) is 5.11 Å². The Morgan fingerprint density at radius 1 is 1.32 bits per heavy atom. The number of ether oxygens (including phenoxy) is 1. The molecule has 1 atom stereocenters. The van der Waals surface area contributed by atoms with Gasteiger partial charge in [0.25, 0.3) is 5.91 Å². The Bertz CT molecular complexity index is 679. The van der Waals surface area contributed by atoms with Gasteiger partial charge in [0.1, 0.15) is 5.69 Å². The number of aromatic nitrogens is 1. The molecule has 0 N–H and O–H groups in total. The number of amides is 1. The summed E-state index contributed by atoms with van der Waals surface area (Å²) in [6.45, 7) is 0. The minimum atomic E-state index is -0.458. The lowest BCUT2D eigenvalue weighted by molar-refractivity contribution is -0.115. The van der Waals surface area contributed by atoms with E-state index in [9.17, 15) is 9.59 Å². The van der Waals surface area contributed by atoms with Gasteiger partial charge in [0.2, 0.25) is 0 Å². The van der Waals surface area contributed by atoms with Gasteiger partial charge in [0.05, 0.1) is 13.2 Å². The number of nitrogens with zero attached hydrogens (tertiary/aromatic N) is 3. The van der Waals surface area contributed by atoms with Gasteiger partial charge in [-0.25, -0.2) is 9.78 Å². The average Bonchev–Trinajstić information content (AvgIpc) is 2.57. The van der Waals surface area contributed by atoms with E-state index in [0.29, 0.717) is 6.42 Å². The monoisotopic (exact) mass is 299 g/mol. The summed E-state index contributed by atoms with van der Waals surface area (Å²) in [5, 5.41) is 7.92. The van der Waals surface area contributed by atoms with Crippen LogP contribution in [0.2, 0.25) is 0 Å². The number of azo groups is 1. The molecule has 114 valence electrons. The molecule has 3 rings (SSSR count). The second-order valence-corrected chi connectivity index (χ2v) is 5.46. The van der Waals surface area contributed by atoms with E-state index >= 15 is 0 Å². The summed E-state index contributed by atoms with van der Waals surface area (Å²) in [6.07, 6.45) is 4.33. The molecule has 22 heavy (non-hydrogen) atoms. The van der Waals surface area contributed by atoms with Crippen molar-refractivity contribution in [3.63, 3.8) is 0 Å². The van der Waals surface area contributed by atoms with Crippen LogP contribution in [0.25, 0.3) is 0 Å². The van der Waals surface area contributed by atoms with E-state index in [1.165, 1.54) is 7.11 Å². The molecule has 0 fully saturated rings. The number of hydrogen-bond acceptors (Lipinski definition) is 5. The molecule has 6 nitrogen and oxygen atoms in total. The summed E-state index contributed by atoms with van der Waals surface area (Å²) in [7, 11) is 1.33. The molecule has 1 aliphatic carbocycles. The van der Waals surface area contributed by atoms with Crippen LogP contribution in [0.3, 0.4) is 0 Å². The molecule has 2 aliphatic rings. The highest BCUT2D eigenvalue weighted by atomic mass is 16.5. The van der Waals surface area contributed by atoms with E-state index in [-0.39, 0.29) is 17.6 Å². The normalized spacial score (nSPS) is 20.8. The van der Waals surface area contributed by atoms with Crippen molar-refractivity contribution in [1.29, 1.82) is 0 Å². The zero-order valence-electron chi connectivity index (χ0n) is 12.4. The average molecular weight is 299 g/mol. The zero-order valence-corrected chi connectivity index (χ0v) is 12.4. The first-order valence-corrected chi connectivity index (χ1v) is 7.40. The highest BCUT2D eigenvalue weighted by Crippen LogP contribution is 2.33. The maximum absolute atomic E-state index is 11.8. The van der Waals surface area contributed by atoms with Crippen molar-refractivity contribution in [1.82, 2.24) is 4.98 Å². The second kappa shape index (κ2) is 6.17. The highest BCUT2D eigenvalue weighted by molar-refractivity contribution is 5.95. The Labute approximate surface area is 128 Å². The summed E-state index contributed by atoms with van der Waals surface area (Å²) in [4.78, 5) is 27.7. The summed E-state index contributed by atoms with van der Waals surface area (Å²) in [5.74, 6) is -0.651. The minimum Gasteiger partial charge on any atom is -0.464 e. The van der Waals surface area contributed by atoms with Gasteiger partial charge >= 0.3 is 5.97 Å². The number of carbonyl (C=O) groups excluding carboxylic acids is 2. The first-order valence-electron chi connectivity index (χ1n) is 7.40. The molecule has 1 unspecified atom stereocenters. The van der Waals surface area contributed by atoms with Gasteiger partial charge in [-0.3, -0.25) is 4.79 Å². The van der Waals surface area contributed by atoms with Crippen LogP contribution in [0, 0.1) is 0 Å². The number of hydrogen-bond donors (Lipinski definition) is 0. The predicted octanol–water partition coefficient (Wildman–Crippen LogP) is 2.64. The van der Waals surface area contributed by atoms with Gasteiger partial charge in [-0.05, 0) is 43.4 Å². The van der Waals surface area contributed by atoms with Crippen molar-refractivity contribution in [3.05, 3.63) is 40.7 Å². The Morgan fingerprint density at radius 3 is 2.95 bits per heavy atom. The molecule has 0 spiro atoms. The lowest BCUT2D eigenvalue weighted by Gasteiger charge is -2.25. The van der Waals surface area contributed by atoms with Crippen molar-refractivity contribution in [2.45, 2.75) is 38.1 Å². The van der Waals surface area contributed by atoms with Gasteiger partial charge in [0, 0.05) is 17.7 Å². The lowest BCUT2D eigenvalue weighted by Crippen LogP contribution is -2.23. The Morgan fingerprint density at radius 2 is 2.14 bits per heavy atom. The molecule has 1 aliphatic heterocycles. The van der Waals surface area contributed by atoms with Gasteiger partial charge in [-0.1, -0.05) is 6.07 Å². The number of methoxy groups -OCH3 is 1. The molecule has 2 heterocycles. The molecular formula is C16H17N3O3. The van der Waals surface area contributed by atoms with Crippen LogP contribution in [-0.4, -0.2) is 30.0 Å². The quantitative estimate of drug-likeness (QED) is 0.803. The van der Waals surface area contributed by atoms with Gasteiger partial charge in [-0.2, -0.15) is 5.11 Å². The van der Waals surface area contributed by atoms with Crippen LogP contribution >= 0.6 is 0 Å². The fourth-order valence-corrected chi connectivity index (χ4v) is 2.97. The molecule has 1 aromatic rings. The first kappa shape index (κ1) is 14.6. The molecule has 0 radical (unpaired) electrons. The lowest BCUT2D eigenvalue weighted by atomic mass is 9.85. The fraction of sp³-hybridized carbons (Fsp3) is 0.438. The molecule has 1 amide bonds. The van der Waals surface area contributed by atoms with Crippen LogP contribution < -0.4 is 0 Å². The SMILES string of the molecule is COC(=O)c1cccc(CC2N=NC(=O)C3=C2CCCC3)n1. The van der Waals surface area contributed by atoms with Crippen LogP contribution in [0.4, 0.5) is 0 Å². The van der Waals surface area contributed by atoms with E-state index in [0.717, 1.165) is 42.5 Å². The Hall–Kier alpha value is -2.37. The number of esters is 1. The van der Waals surface area contributed by atoms with Crippen LogP contribution in [0.5, 0.6) is 0 Å². The van der Waals surface area contributed by atoms with Crippen LogP contribution in [-0.2, 0) is 16.0 Å². The van der Waals surface area contributed by atoms with Crippen molar-refractivity contribution in [3.8, 4) is 0 Å². The second-order valence-electron chi connectivity index (χ2n) is 5.46.